The normalized spacial score (nSPS) is 22.8. The summed E-state index contributed by atoms with van der Waals surface area (Å²) in [7, 11) is 0. The molecule has 1 aliphatic heterocycles. The first-order valence-electron chi connectivity index (χ1n) is 7.77. The zero-order valence-electron chi connectivity index (χ0n) is 12.6. The highest BCUT2D eigenvalue weighted by Crippen LogP contribution is 2.35. The number of hydrogen-bond donors (Lipinski definition) is 2. The average molecular weight is 284 g/mol. The van der Waals surface area contributed by atoms with E-state index in [1.807, 2.05) is 6.92 Å². The van der Waals surface area contributed by atoms with E-state index in [0.29, 0.717) is 38.9 Å². The third-order valence-electron chi connectivity index (χ3n) is 4.21. The Morgan fingerprint density at radius 2 is 2.05 bits per heavy atom. The smallest absolute Gasteiger partial charge is 0.311 e. The van der Waals surface area contributed by atoms with Crippen molar-refractivity contribution in [3.63, 3.8) is 0 Å². The Kier molecular flexibility index (Phi) is 6.99. The van der Waals surface area contributed by atoms with E-state index < -0.39 is 11.4 Å². The Bertz CT molecular complexity index is 329. The molecule has 1 aliphatic rings. The number of carboxylic acids is 1. The van der Waals surface area contributed by atoms with Crippen LogP contribution in [0.2, 0.25) is 0 Å². The van der Waals surface area contributed by atoms with Gasteiger partial charge in [0.1, 0.15) is 0 Å². The zero-order valence-corrected chi connectivity index (χ0v) is 12.6. The molecule has 20 heavy (non-hydrogen) atoms. The van der Waals surface area contributed by atoms with E-state index >= 15 is 0 Å². The first-order valence-corrected chi connectivity index (χ1v) is 7.77. The van der Waals surface area contributed by atoms with Crippen LogP contribution in [0.5, 0.6) is 0 Å². The molecule has 0 saturated carbocycles. The first kappa shape index (κ1) is 17.0. The largest absolute Gasteiger partial charge is 0.481 e. The third-order valence-corrected chi connectivity index (χ3v) is 4.21. The lowest BCUT2D eigenvalue weighted by molar-refractivity contribution is -0.155. The first-order chi connectivity index (χ1) is 9.55. The van der Waals surface area contributed by atoms with E-state index in [1.165, 1.54) is 0 Å². The maximum atomic E-state index is 12.2. The third kappa shape index (κ3) is 4.47. The summed E-state index contributed by atoms with van der Waals surface area (Å²) in [5, 5.41) is 9.51. The second kappa shape index (κ2) is 8.25. The Balaban J connectivity index is 2.54. The van der Waals surface area contributed by atoms with Crippen molar-refractivity contribution in [3.8, 4) is 0 Å². The van der Waals surface area contributed by atoms with Crippen molar-refractivity contribution in [1.82, 2.24) is 4.90 Å². The van der Waals surface area contributed by atoms with Crippen LogP contribution in [0.25, 0.3) is 0 Å². The number of piperidine rings is 1. The van der Waals surface area contributed by atoms with Gasteiger partial charge in [-0.2, -0.15) is 0 Å². The fourth-order valence-corrected chi connectivity index (χ4v) is 3.06. The molecule has 1 amide bonds. The SMILES string of the molecule is CCCC1(C(=O)O)CCCN(C(=O)CCCCCN)C1. The number of unbranched alkanes of at least 4 members (excludes halogenated alkanes) is 2. The number of nitrogens with two attached hydrogens (primary N) is 1. The summed E-state index contributed by atoms with van der Waals surface area (Å²) < 4.78 is 0. The van der Waals surface area contributed by atoms with Crippen LogP contribution >= 0.6 is 0 Å². The second-order valence-corrected chi connectivity index (χ2v) is 5.85. The van der Waals surface area contributed by atoms with Gasteiger partial charge in [-0.3, -0.25) is 9.59 Å². The Labute approximate surface area is 121 Å². The van der Waals surface area contributed by atoms with Gasteiger partial charge in [0, 0.05) is 19.5 Å². The molecule has 1 saturated heterocycles. The summed E-state index contributed by atoms with van der Waals surface area (Å²) >= 11 is 0. The van der Waals surface area contributed by atoms with Gasteiger partial charge in [0.25, 0.3) is 0 Å². The van der Waals surface area contributed by atoms with Crippen LogP contribution < -0.4 is 5.73 Å². The standard InChI is InChI=1S/C15H28N2O3/c1-2-8-15(14(19)20)9-6-11-17(12-15)13(18)7-4-3-5-10-16/h2-12,16H2,1H3,(H,19,20). The number of carbonyl (C=O) groups is 2. The predicted octanol–water partition coefficient (Wildman–Crippen LogP) is 2.00. The molecular weight excluding hydrogens is 256 g/mol. The molecule has 0 bridgehead atoms. The van der Waals surface area contributed by atoms with Crippen molar-refractivity contribution in [3.05, 3.63) is 0 Å². The van der Waals surface area contributed by atoms with Crippen molar-refractivity contribution >= 4 is 11.9 Å². The van der Waals surface area contributed by atoms with Gasteiger partial charge in [-0.15, -0.1) is 0 Å². The molecule has 0 aromatic carbocycles. The molecule has 0 radical (unpaired) electrons. The van der Waals surface area contributed by atoms with Gasteiger partial charge in [0.2, 0.25) is 5.91 Å². The van der Waals surface area contributed by atoms with Crippen molar-refractivity contribution in [2.75, 3.05) is 19.6 Å². The van der Waals surface area contributed by atoms with Crippen molar-refractivity contribution in [2.24, 2.45) is 11.1 Å². The van der Waals surface area contributed by atoms with Crippen molar-refractivity contribution < 1.29 is 14.7 Å². The van der Waals surface area contributed by atoms with Gasteiger partial charge in [0.05, 0.1) is 5.41 Å². The quantitative estimate of drug-likeness (QED) is 0.668. The maximum Gasteiger partial charge on any atom is 0.311 e. The number of likely N-dealkylation sites (tertiary alicyclic amines) is 1. The summed E-state index contributed by atoms with van der Waals surface area (Å²) in [5.74, 6) is -0.650. The van der Waals surface area contributed by atoms with Gasteiger partial charge in [-0.1, -0.05) is 19.8 Å². The fourth-order valence-electron chi connectivity index (χ4n) is 3.06. The van der Waals surface area contributed by atoms with Crippen LogP contribution in [0.15, 0.2) is 0 Å². The summed E-state index contributed by atoms with van der Waals surface area (Å²) in [6.07, 6.45) is 6.25. The lowest BCUT2D eigenvalue weighted by atomic mass is 9.76. The average Bonchev–Trinajstić information content (AvgIpc) is 2.44. The Morgan fingerprint density at radius 3 is 2.65 bits per heavy atom. The lowest BCUT2D eigenvalue weighted by Crippen LogP contribution is -2.49. The molecule has 1 heterocycles. The van der Waals surface area contributed by atoms with Crippen LogP contribution in [-0.2, 0) is 9.59 Å². The molecule has 0 aliphatic carbocycles. The summed E-state index contributed by atoms with van der Waals surface area (Å²) in [4.78, 5) is 25.5. The number of carbonyl (C=O) groups excluding carboxylic acids is 1. The maximum absolute atomic E-state index is 12.2. The number of aliphatic carboxylic acids is 1. The van der Waals surface area contributed by atoms with E-state index in [9.17, 15) is 14.7 Å². The molecule has 0 aromatic heterocycles. The Hall–Kier alpha value is -1.10. The van der Waals surface area contributed by atoms with E-state index in [0.717, 1.165) is 32.1 Å². The minimum atomic E-state index is -0.750. The number of hydrogen-bond acceptors (Lipinski definition) is 3. The molecule has 1 rings (SSSR count). The highest BCUT2D eigenvalue weighted by Gasteiger charge is 2.42. The van der Waals surface area contributed by atoms with Crippen LogP contribution in [-0.4, -0.2) is 41.5 Å². The van der Waals surface area contributed by atoms with Crippen LogP contribution in [0.3, 0.4) is 0 Å². The minimum Gasteiger partial charge on any atom is -0.481 e. The Morgan fingerprint density at radius 1 is 1.30 bits per heavy atom. The van der Waals surface area contributed by atoms with Gasteiger partial charge < -0.3 is 15.7 Å². The highest BCUT2D eigenvalue weighted by molar-refractivity contribution is 5.79. The summed E-state index contributed by atoms with van der Waals surface area (Å²) in [6.45, 7) is 3.75. The number of rotatable bonds is 8. The van der Waals surface area contributed by atoms with Gasteiger partial charge in [-0.25, -0.2) is 0 Å². The second-order valence-electron chi connectivity index (χ2n) is 5.85. The molecule has 116 valence electrons. The molecule has 1 unspecified atom stereocenters. The minimum absolute atomic E-state index is 0.100. The van der Waals surface area contributed by atoms with E-state index in [4.69, 9.17) is 5.73 Å². The van der Waals surface area contributed by atoms with Crippen LogP contribution in [0, 0.1) is 5.41 Å². The topological polar surface area (TPSA) is 83.6 Å². The molecule has 5 heteroatoms. The number of amides is 1. The van der Waals surface area contributed by atoms with Gasteiger partial charge in [-0.05, 0) is 38.6 Å². The van der Waals surface area contributed by atoms with E-state index in [-0.39, 0.29) is 5.91 Å². The van der Waals surface area contributed by atoms with Crippen molar-refractivity contribution in [1.29, 1.82) is 0 Å². The summed E-state index contributed by atoms with van der Waals surface area (Å²) in [5.41, 5.74) is 4.71. The molecule has 1 atom stereocenters. The highest BCUT2D eigenvalue weighted by atomic mass is 16.4. The summed E-state index contributed by atoms with van der Waals surface area (Å²) in [6, 6.07) is 0. The van der Waals surface area contributed by atoms with E-state index in [1.54, 1.807) is 4.90 Å². The molecule has 5 nitrogen and oxygen atoms in total. The number of nitrogens with zero attached hydrogens (tertiary/aromatic N) is 1. The molecule has 0 spiro atoms. The monoisotopic (exact) mass is 284 g/mol. The van der Waals surface area contributed by atoms with Gasteiger partial charge >= 0.3 is 5.97 Å². The zero-order chi connectivity index (χ0) is 15.0. The molecule has 1 fully saturated rings. The molecule has 3 N–H and O–H groups in total. The molecule has 0 aromatic rings. The van der Waals surface area contributed by atoms with Crippen LogP contribution in [0.4, 0.5) is 0 Å². The fraction of sp³-hybridized carbons (Fsp3) is 0.867. The van der Waals surface area contributed by atoms with Crippen molar-refractivity contribution in [2.45, 2.75) is 58.3 Å². The van der Waals surface area contributed by atoms with Crippen LogP contribution in [0.1, 0.15) is 58.3 Å². The number of carboxylic acid groups (broad SMARTS) is 1. The predicted molar refractivity (Wildman–Crippen MR) is 78.3 cm³/mol. The molecular formula is C15H28N2O3. The van der Waals surface area contributed by atoms with E-state index in [2.05, 4.69) is 0 Å². The lowest BCUT2D eigenvalue weighted by Gasteiger charge is -2.40. The van der Waals surface area contributed by atoms with Gasteiger partial charge in [0.15, 0.2) is 0 Å².